The summed E-state index contributed by atoms with van der Waals surface area (Å²) >= 11 is 0. The van der Waals surface area contributed by atoms with Crippen molar-refractivity contribution in [3.63, 3.8) is 0 Å². The highest BCUT2D eigenvalue weighted by molar-refractivity contribution is 7.91. The molecule has 1 fully saturated rings. The molecule has 0 aliphatic heterocycles. The monoisotopic (exact) mass is 423 g/mol. The Morgan fingerprint density at radius 3 is 2.59 bits per heavy atom. The molecular weight excluding hydrogens is 398 g/mol. The van der Waals surface area contributed by atoms with Gasteiger partial charge in [-0.1, -0.05) is 24.4 Å². The third-order valence-electron chi connectivity index (χ3n) is 4.77. The molecule has 9 nitrogen and oxygen atoms in total. The van der Waals surface area contributed by atoms with Crippen molar-refractivity contribution in [1.29, 1.82) is 0 Å². The van der Waals surface area contributed by atoms with Gasteiger partial charge in [-0.3, -0.25) is 4.79 Å². The Morgan fingerprint density at radius 2 is 1.90 bits per heavy atom. The van der Waals surface area contributed by atoms with E-state index >= 15 is 0 Å². The van der Waals surface area contributed by atoms with Crippen LogP contribution < -0.4 is 14.8 Å². The molecule has 0 radical (unpaired) electrons. The predicted molar refractivity (Wildman–Crippen MR) is 105 cm³/mol. The number of nitrogens with one attached hydrogen (secondary N) is 1. The van der Waals surface area contributed by atoms with Crippen LogP contribution in [0.3, 0.4) is 0 Å². The van der Waals surface area contributed by atoms with Gasteiger partial charge in [-0.2, -0.15) is 4.98 Å². The number of hydrogen-bond acceptors (Lipinski definition) is 8. The topological polar surface area (TPSA) is 121 Å². The number of carbonyl (C=O) groups is 1. The molecule has 3 rings (SSSR count). The normalized spacial score (nSPS) is 15.1. The van der Waals surface area contributed by atoms with E-state index in [4.69, 9.17) is 14.0 Å². The van der Waals surface area contributed by atoms with E-state index in [0.29, 0.717) is 17.1 Å². The van der Waals surface area contributed by atoms with Crippen LogP contribution in [0.15, 0.2) is 22.7 Å². The first kappa shape index (κ1) is 21.1. The molecular formula is C19H25N3O6S. The fourth-order valence-corrected chi connectivity index (χ4v) is 4.44. The zero-order chi connectivity index (χ0) is 20.9. The van der Waals surface area contributed by atoms with Gasteiger partial charge in [-0.15, -0.1) is 0 Å². The molecule has 0 spiro atoms. The first-order valence-electron chi connectivity index (χ1n) is 9.45. The van der Waals surface area contributed by atoms with E-state index in [1.54, 1.807) is 18.2 Å². The molecule has 1 aromatic carbocycles. The average molecular weight is 423 g/mol. The molecule has 2 aromatic rings. The maximum absolute atomic E-state index is 12.4. The highest BCUT2D eigenvalue weighted by atomic mass is 32.2. The van der Waals surface area contributed by atoms with Crippen molar-refractivity contribution in [2.45, 2.75) is 43.9 Å². The maximum Gasteiger partial charge on any atom is 0.242 e. The Hall–Kier alpha value is -2.62. The summed E-state index contributed by atoms with van der Waals surface area (Å²) in [5, 5.41) is 6.63. The molecule has 1 heterocycles. The third-order valence-corrected chi connectivity index (χ3v) is 6.16. The second-order valence-electron chi connectivity index (χ2n) is 7.02. The molecule has 0 bridgehead atoms. The zero-order valence-electron chi connectivity index (χ0n) is 16.5. The fourth-order valence-electron chi connectivity index (χ4n) is 3.36. The lowest BCUT2D eigenvalue weighted by molar-refractivity contribution is -0.119. The Bertz CT molecular complexity index is 951. The summed E-state index contributed by atoms with van der Waals surface area (Å²) in [5.41, 5.74) is 0.588. The van der Waals surface area contributed by atoms with Gasteiger partial charge in [0, 0.05) is 11.6 Å². The maximum atomic E-state index is 12.4. The lowest BCUT2D eigenvalue weighted by Gasteiger charge is -2.22. The SMILES string of the molecule is COc1ccc(-c2noc(CS(=O)(=O)CC(=O)NC3CCCCC3)n2)cc1OC. The summed E-state index contributed by atoms with van der Waals surface area (Å²) in [6.45, 7) is 0. The summed E-state index contributed by atoms with van der Waals surface area (Å²) in [6.07, 6.45) is 5.05. The van der Waals surface area contributed by atoms with Gasteiger partial charge in [0.2, 0.25) is 17.6 Å². The number of nitrogens with zero attached hydrogens (tertiary/aromatic N) is 2. The van der Waals surface area contributed by atoms with Gasteiger partial charge in [-0.05, 0) is 31.0 Å². The zero-order valence-corrected chi connectivity index (χ0v) is 17.3. The van der Waals surface area contributed by atoms with Gasteiger partial charge >= 0.3 is 0 Å². The Labute approximate surface area is 169 Å². The van der Waals surface area contributed by atoms with Crippen LogP contribution in [0.2, 0.25) is 0 Å². The number of benzene rings is 1. The first-order valence-corrected chi connectivity index (χ1v) is 11.3. The highest BCUT2D eigenvalue weighted by Gasteiger charge is 2.24. The van der Waals surface area contributed by atoms with Crippen molar-refractivity contribution in [2.24, 2.45) is 0 Å². The molecule has 1 saturated carbocycles. The van der Waals surface area contributed by atoms with E-state index in [-0.39, 0.29) is 17.8 Å². The molecule has 29 heavy (non-hydrogen) atoms. The lowest BCUT2D eigenvalue weighted by Crippen LogP contribution is -2.39. The molecule has 0 atom stereocenters. The summed E-state index contributed by atoms with van der Waals surface area (Å²) in [4.78, 5) is 16.2. The van der Waals surface area contributed by atoms with E-state index in [1.165, 1.54) is 14.2 Å². The minimum absolute atomic E-state index is 0.0616. The van der Waals surface area contributed by atoms with Gasteiger partial charge in [-0.25, -0.2) is 8.42 Å². The molecule has 1 N–H and O–H groups in total. The van der Waals surface area contributed by atoms with Gasteiger partial charge in [0.15, 0.2) is 21.3 Å². The molecule has 0 saturated heterocycles. The third kappa shape index (κ3) is 5.69. The van der Waals surface area contributed by atoms with Gasteiger partial charge in [0.25, 0.3) is 0 Å². The van der Waals surface area contributed by atoms with E-state index in [2.05, 4.69) is 15.5 Å². The van der Waals surface area contributed by atoms with Crippen molar-refractivity contribution in [3.8, 4) is 22.9 Å². The predicted octanol–water partition coefficient (Wildman–Crippen LogP) is 2.12. The summed E-state index contributed by atoms with van der Waals surface area (Å²) < 4.78 is 40.2. The Balaban J connectivity index is 1.63. The van der Waals surface area contributed by atoms with Crippen LogP contribution in [0, 0.1) is 0 Å². The number of methoxy groups -OCH3 is 2. The number of amides is 1. The second-order valence-corrected chi connectivity index (χ2v) is 9.08. The number of hydrogen-bond donors (Lipinski definition) is 1. The smallest absolute Gasteiger partial charge is 0.242 e. The van der Waals surface area contributed by atoms with Crippen molar-refractivity contribution >= 4 is 15.7 Å². The Kier molecular flexibility index (Phi) is 6.73. The van der Waals surface area contributed by atoms with Crippen molar-refractivity contribution < 1.29 is 27.2 Å². The largest absolute Gasteiger partial charge is 0.493 e. The minimum Gasteiger partial charge on any atom is -0.493 e. The van der Waals surface area contributed by atoms with Crippen LogP contribution in [-0.2, 0) is 20.4 Å². The highest BCUT2D eigenvalue weighted by Crippen LogP contribution is 2.31. The summed E-state index contributed by atoms with van der Waals surface area (Å²) in [7, 11) is -0.695. The quantitative estimate of drug-likeness (QED) is 0.685. The van der Waals surface area contributed by atoms with Crippen LogP contribution in [-0.4, -0.2) is 50.5 Å². The molecule has 1 aromatic heterocycles. The number of aromatic nitrogens is 2. The summed E-state index contributed by atoms with van der Waals surface area (Å²) in [5.74, 6) is -0.391. The van der Waals surface area contributed by atoms with Crippen LogP contribution in [0.5, 0.6) is 11.5 Å². The first-order chi connectivity index (χ1) is 13.9. The molecule has 10 heteroatoms. The molecule has 1 aliphatic carbocycles. The molecule has 1 aliphatic rings. The number of ether oxygens (including phenoxy) is 2. The number of sulfone groups is 1. The number of carbonyl (C=O) groups excluding carboxylic acids is 1. The van der Waals surface area contributed by atoms with Crippen LogP contribution in [0.25, 0.3) is 11.4 Å². The van der Waals surface area contributed by atoms with E-state index < -0.39 is 27.3 Å². The van der Waals surface area contributed by atoms with Gasteiger partial charge < -0.3 is 19.3 Å². The minimum atomic E-state index is -3.73. The van der Waals surface area contributed by atoms with Crippen LogP contribution in [0.1, 0.15) is 38.0 Å². The van der Waals surface area contributed by atoms with Crippen LogP contribution in [0.4, 0.5) is 0 Å². The van der Waals surface area contributed by atoms with E-state index in [1.807, 2.05) is 0 Å². The van der Waals surface area contributed by atoms with Crippen LogP contribution >= 0.6 is 0 Å². The van der Waals surface area contributed by atoms with Crippen molar-refractivity contribution in [1.82, 2.24) is 15.5 Å². The average Bonchev–Trinajstić information content (AvgIpc) is 3.15. The van der Waals surface area contributed by atoms with Gasteiger partial charge in [0.1, 0.15) is 11.5 Å². The molecule has 0 unspecified atom stereocenters. The summed E-state index contributed by atoms with van der Waals surface area (Å²) in [6, 6.07) is 5.13. The van der Waals surface area contributed by atoms with Gasteiger partial charge in [0.05, 0.1) is 14.2 Å². The van der Waals surface area contributed by atoms with E-state index in [0.717, 1.165) is 32.1 Å². The number of rotatable bonds is 8. The lowest BCUT2D eigenvalue weighted by atomic mass is 9.95. The van der Waals surface area contributed by atoms with Crippen molar-refractivity contribution in [2.75, 3.05) is 20.0 Å². The standard InChI is InChI=1S/C19H25N3O6S/c1-26-15-9-8-13(10-16(15)27-2)19-21-18(28-22-19)12-29(24,25)11-17(23)20-14-6-4-3-5-7-14/h8-10,14H,3-7,11-12H2,1-2H3,(H,20,23). The molecule has 1 amide bonds. The second kappa shape index (κ2) is 9.25. The molecule has 158 valence electrons. The van der Waals surface area contributed by atoms with Crippen molar-refractivity contribution in [3.05, 3.63) is 24.1 Å². The fraction of sp³-hybridized carbons (Fsp3) is 0.526. The van der Waals surface area contributed by atoms with E-state index in [9.17, 15) is 13.2 Å². The Morgan fingerprint density at radius 1 is 1.17 bits per heavy atom.